The van der Waals surface area contributed by atoms with Crippen molar-refractivity contribution in [3.05, 3.63) is 71.2 Å². The van der Waals surface area contributed by atoms with E-state index in [2.05, 4.69) is 22.2 Å². The number of amides is 4. The van der Waals surface area contributed by atoms with Crippen molar-refractivity contribution in [3.8, 4) is 0 Å². The van der Waals surface area contributed by atoms with Gasteiger partial charge in [-0.1, -0.05) is 19.6 Å². The SMILES string of the molecule is C=C1CCC(N2C(=O)c3ccc(CNC(=O)c4ccc(SCC)cn4)cc3C2=O)C(=O)N1. The number of pyridine rings is 1. The largest absolute Gasteiger partial charge is 0.347 e. The van der Waals surface area contributed by atoms with Crippen molar-refractivity contribution in [3.63, 3.8) is 0 Å². The van der Waals surface area contributed by atoms with Gasteiger partial charge in [0, 0.05) is 23.3 Å². The third-order valence-electron chi connectivity index (χ3n) is 5.35. The first-order valence-corrected chi connectivity index (χ1v) is 11.2. The van der Waals surface area contributed by atoms with Crippen LogP contribution in [-0.2, 0) is 11.3 Å². The van der Waals surface area contributed by atoms with Crippen LogP contribution in [0.1, 0.15) is 56.5 Å². The van der Waals surface area contributed by atoms with E-state index in [1.165, 1.54) is 0 Å². The average molecular weight is 451 g/mol. The first-order chi connectivity index (χ1) is 15.4. The van der Waals surface area contributed by atoms with Crippen LogP contribution in [0.15, 0.2) is 53.7 Å². The van der Waals surface area contributed by atoms with Gasteiger partial charge in [0.05, 0.1) is 11.1 Å². The molecule has 2 aliphatic heterocycles. The smallest absolute Gasteiger partial charge is 0.270 e. The minimum absolute atomic E-state index is 0.171. The van der Waals surface area contributed by atoms with Gasteiger partial charge in [0.15, 0.2) is 0 Å². The lowest BCUT2D eigenvalue weighted by Gasteiger charge is -2.29. The zero-order valence-electron chi connectivity index (χ0n) is 17.5. The molecule has 2 aliphatic rings. The molecule has 32 heavy (non-hydrogen) atoms. The number of hydrogen-bond donors (Lipinski definition) is 2. The highest BCUT2D eigenvalue weighted by Gasteiger charge is 2.43. The molecule has 1 saturated heterocycles. The third-order valence-corrected chi connectivity index (χ3v) is 6.21. The van der Waals surface area contributed by atoms with Gasteiger partial charge in [-0.3, -0.25) is 24.1 Å². The van der Waals surface area contributed by atoms with E-state index in [9.17, 15) is 19.2 Å². The Morgan fingerprint density at radius 1 is 1.22 bits per heavy atom. The summed E-state index contributed by atoms with van der Waals surface area (Å²) in [7, 11) is 0. The average Bonchev–Trinajstić information content (AvgIpc) is 3.03. The van der Waals surface area contributed by atoms with E-state index in [-0.39, 0.29) is 23.6 Å². The van der Waals surface area contributed by atoms with Gasteiger partial charge in [-0.05, 0) is 48.4 Å². The molecule has 2 N–H and O–H groups in total. The molecule has 9 heteroatoms. The maximum Gasteiger partial charge on any atom is 0.270 e. The molecule has 0 bridgehead atoms. The summed E-state index contributed by atoms with van der Waals surface area (Å²) >= 11 is 1.64. The number of rotatable bonds is 6. The fourth-order valence-electron chi connectivity index (χ4n) is 3.75. The molecule has 1 fully saturated rings. The van der Waals surface area contributed by atoms with Crippen LogP contribution in [0, 0.1) is 0 Å². The first kappa shape index (κ1) is 21.8. The van der Waals surface area contributed by atoms with Crippen molar-refractivity contribution in [2.45, 2.75) is 37.2 Å². The highest BCUT2D eigenvalue weighted by atomic mass is 32.2. The molecule has 2 aromatic rings. The van der Waals surface area contributed by atoms with Gasteiger partial charge in [0.25, 0.3) is 17.7 Å². The number of piperidine rings is 1. The van der Waals surface area contributed by atoms with E-state index in [1.54, 1.807) is 42.2 Å². The molecule has 8 nitrogen and oxygen atoms in total. The normalized spacial score (nSPS) is 17.9. The van der Waals surface area contributed by atoms with Crippen LogP contribution >= 0.6 is 11.8 Å². The lowest BCUT2D eigenvalue weighted by molar-refractivity contribution is -0.125. The van der Waals surface area contributed by atoms with Gasteiger partial charge in [-0.2, -0.15) is 0 Å². The first-order valence-electron chi connectivity index (χ1n) is 10.3. The van der Waals surface area contributed by atoms with Crippen LogP contribution in [0.5, 0.6) is 0 Å². The van der Waals surface area contributed by atoms with E-state index in [4.69, 9.17) is 0 Å². The van der Waals surface area contributed by atoms with Gasteiger partial charge in [-0.15, -0.1) is 11.8 Å². The molecule has 4 rings (SSSR count). The number of hydrogen-bond acceptors (Lipinski definition) is 6. The molecule has 1 unspecified atom stereocenters. The molecule has 0 aliphatic carbocycles. The second-order valence-corrected chi connectivity index (χ2v) is 8.84. The highest BCUT2D eigenvalue weighted by molar-refractivity contribution is 7.99. The van der Waals surface area contributed by atoms with Crippen molar-refractivity contribution in [1.29, 1.82) is 0 Å². The monoisotopic (exact) mass is 450 g/mol. The Labute approximate surface area is 189 Å². The molecule has 3 heterocycles. The number of aromatic nitrogens is 1. The summed E-state index contributed by atoms with van der Waals surface area (Å²) in [4.78, 5) is 56.6. The standard InChI is InChI=1S/C23H22N4O4S/c1-3-32-15-6-8-18(24-12-15)20(28)25-11-14-5-7-16-17(10-14)23(31)27(22(16)30)19-9-4-13(2)26-21(19)29/h5-8,10,12,19H,2-4,9,11H2,1H3,(H,25,28)(H,26,29). The lowest BCUT2D eigenvalue weighted by atomic mass is 10.0. The summed E-state index contributed by atoms with van der Waals surface area (Å²) in [6.45, 7) is 5.94. The number of thioether (sulfide) groups is 1. The Morgan fingerprint density at radius 2 is 2.00 bits per heavy atom. The third kappa shape index (κ3) is 4.16. The molecule has 164 valence electrons. The minimum Gasteiger partial charge on any atom is -0.347 e. The predicted octanol–water partition coefficient (Wildman–Crippen LogP) is 2.51. The minimum atomic E-state index is -0.851. The number of nitrogens with one attached hydrogen (secondary N) is 2. The van der Waals surface area contributed by atoms with Gasteiger partial charge in [-0.25, -0.2) is 4.98 Å². The number of carbonyl (C=O) groups is 4. The molecule has 1 atom stereocenters. The molecule has 0 radical (unpaired) electrons. The van der Waals surface area contributed by atoms with Crippen LogP contribution < -0.4 is 10.6 Å². The number of carbonyl (C=O) groups excluding carboxylic acids is 4. The van der Waals surface area contributed by atoms with Gasteiger partial charge >= 0.3 is 0 Å². The molecular formula is C23H22N4O4S. The summed E-state index contributed by atoms with van der Waals surface area (Å²) in [5.41, 5.74) is 2.04. The predicted molar refractivity (Wildman–Crippen MR) is 119 cm³/mol. The van der Waals surface area contributed by atoms with Crippen molar-refractivity contribution in [2.24, 2.45) is 0 Å². The fraction of sp³-hybridized carbons (Fsp3) is 0.261. The summed E-state index contributed by atoms with van der Waals surface area (Å²) in [6.07, 6.45) is 2.52. The number of imide groups is 1. The van der Waals surface area contributed by atoms with Crippen LogP contribution in [-0.4, -0.2) is 45.3 Å². The van der Waals surface area contributed by atoms with E-state index in [0.29, 0.717) is 29.8 Å². The molecular weight excluding hydrogens is 428 g/mol. The Kier molecular flexibility index (Phi) is 6.09. The summed E-state index contributed by atoms with van der Waals surface area (Å²) in [5, 5.41) is 5.39. The number of allylic oxidation sites excluding steroid dienone is 1. The number of benzene rings is 1. The maximum absolute atomic E-state index is 12.9. The number of fused-ring (bicyclic) bond motifs is 1. The van der Waals surface area contributed by atoms with Crippen molar-refractivity contribution < 1.29 is 19.2 Å². The molecule has 4 amide bonds. The Balaban J connectivity index is 1.45. The fourth-order valence-corrected chi connectivity index (χ4v) is 4.37. The van der Waals surface area contributed by atoms with E-state index in [1.807, 2.05) is 13.0 Å². The topological polar surface area (TPSA) is 108 Å². The zero-order valence-corrected chi connectivity index (χ0v) is 18.3. The van der Waals surface area contributed by atoms with E-state index < -0.39 is 23.8 Å². The van der Waals surface area contributed by atoms with Crippen LogP contribution in [0.25, 0.3) is 0 Å². The van der Waals surface area contributed by atoms with Crippen LogP contribution in [0.2, 0.25) is 0 Å². The van der Waals surface area contributed by atoms with Crippen LogP contribution in [0.3, 0.4) is 0 Å². The second-order valence-electron chi connectivity index (χ2n) is 7.50. The lowest BCUT2D eigenvalue weighted by Crippen LogP contribution is -2.51. The summed E-state index contributed by atoms with van der Waals surface area (Å²) in [6, 6.07) is 7.50. The molecule has 0 spiro atoms. The quantitative estimate of drug-likeness (QED) is 0.517. The van der Waals surface area contributed by atoms with Gasteiger partial charge < -0.3 is 10.6 Å². The van der Waals surface area contributed by atoms with E-state index in [0.717, 1.165) is 15.5 Å². The highest BCUT2D eigenvalue weighted by Crippen LogP contribution is 2.29. The number of nitrogens with zero attached hydrogens (tertiary/aromatic N) is 2. The Morgan fingerprint density at radius 3 is 2.69 bits per heavy atom. The zero-order chi connectivity index (χ0) is 22.8. The Hall–Kier alpha value is -3.46. The molecule has 0 saturated carbocycles. The molecule has 1 aromatic heterocycles. The summed E-state index contributed by atoms with van der Waals surface area (Å²) < 4.78 is 0. The second kappa shape index (κ2) is 8.96. The summed E-state index contributed by atoms with van der Waals surface area (Å²) in [5.74, 6) is -0.801. The maximum atomic E-state index is 12.9. The van der Waals surface area contributed by atoms with Crippen molar-refractivity contribution in [2.75, 3.05) is 5.75 Å². The van der Waals surface area contributed by atoms with Crippen LogP contribution in [0.4, 0.5) is 0 Å². The molecule has 1 aromatic carbocycles. The van der Waals surface area contributed by atoms with E-state index >= 15 is 0 Å². The van der Waals surface area contributed by atoms with Gasteiger partial charge in [0.1, 0.15) is 11.7 Å². The van der Waals surface area contributed by atoms with Crippen molar-refractivity contribution >= 4 is 35.4 Å². The van der Waals surface area contributed by atoms with Crippen molar-refractivity contribution in [1.82, 2.24) is 20.5 Å². The Bertz CT molecular complexity index is 1130. The van der Waals surface area contributed by atoms with Gasteiger partial charge in [0.2, 0.25) is 5.91 Å².